The van der Waals surface area contributed by atoms with Gasteiger partial charge >= 0.3 is 0 Å². The summed E-state index contributed by atoms with van der Waals surface area (Å²) in [4.78, 5) is 12.8. The van der Waals surface area contributed by atoms with Crippen LogP contribution in [0.2, 0.25) is 0 Å². The minimum atomic E-state index is -3.68. The SMILES string of the molecule is Cc1nn(-c2ccccc2)c(C)c1CNC(=O)c1ccc(NS(=O)(=O)c2ccccc2)cc1. The Labute approximate surface area is 193 Å². The summed E-state index contributed by atoms with van der Waals surface area (Å²) in [6.07, 6.45) is 0. The van der Waals surface area contributed by atoms with Gasteiger partial charge in [0.25, 0.3) is 15.9 Å². The van der Waals surface area contributed by atoms with Gasteiger partial charge in [0, 0.05) is 29.1 Å². The normalized spacial score (nSPS) is 11.2. The van der Waals surface area contributed by atoms with Crippen LogP contribution in [0.5, 0.6) is 0 Å². The number of sulfonamides is 1. The number of carbonyl (C=O) groups excluding carboxylic acids is 1. The van der Waals surface area contributed by atoms with Crippen molar-refractivity contribution in [3.63, 3.8) is 0 Å². The number of aryl methyl sites for hydroxylation is 1. The molecule has 1 amide bonds. The summed E-state index contributed by atoms with van der Waals surface area (Å²) >= 11 is 0. The van der Waals surface area contributed by atoms with Crippen molar-refractivity contribution < 1.29 is 13.2 Å². The Morgan fingerprint density at radius 3 is 2.12 bits per heavy atom. The highest BCUT2D eigenvalue weighted by Gasteiger charge is 2.16. The molecule has 0 unspecified atom stereocenters. The molecule has 0 aliphatic carbocycles. The number of hydrogen-bond acceptors (Lipinski definition) is 4. The first-order chi connectivity index (χ1) is 15.8. The second-order valence-corrected chi connectivity index (χ2v) is 9.26. The lowest BCUT2D eigenvalue weighted by molar-refractivity contribution is 0.0951. The number of nitrogens with zero attached hydrogens (tertiary/aromatic N) is 2. The fourth-order valence-electron chi connectivity index (χ4n) is 3.53. The van der Waals surface area contributed by atoms with Gasteiger partial charge in [0.15, 0.2) is 0 Å². The monoisotopic (exact) mass is 460 g/mol. The molecule has 0 saturated carbocycles. The number of para-hydroxylation sites is 1. The summed E-state index contributed by atoms with van der Waals surface area (Å²) in [6, 6.07) is 24.3. The molecule has 0 saturated heterocycles. The maximum absolute atomic E-state index is 12.7. The van der Waals surface area contributed by atoms with Crippen molar-refractivity contribution in [1.82, 2.24) is 15.1 Å². The molecule has 0 atom stereocenters. The lowest BCUT2D eigenvalue weighted by atomic mass is 10.1. The summed E-state index contributed by atoms with van der Waals surface area (Å²) in [5.74, 6) is -0.251. The predicted molar refractivity (Wildman–Crippen MR) is 128 cm³/mol. The number of amides is 1. The van der Waals surface area contributed by atoms with Crippen molar-refractivity contribution in [1.29, 1.82) is 0 Å². The van der Waals surface area contributed by atoms with E-state index in [1.807, 2.05) is 48.9 Å². The highest BCUT2D eigenvalue weighted by molar-refractivity contribution is 7.92. The maximum Gasteiger partial charge on any atom is 0.261 e. The Morgan fingerprint density at radius 2 is 1.48 bits per heavy atom. The molecule has 2 N–H and O–H groups in total. The molecule has 168 valence electrons. The molecule has 0 radical (unpaired) electrons. The van der Waals surface area contributed by atoms with Gasteiger partial charge in [-0.3, -0.25) is 9.52 Å². The van der Waals surface area contributed by atoms with E-state index in [2.05, 4.69) is 15.1 Å². The average Bonchev–Trinajstić information content (AvgIpc) is 3.12. The molecule has 33 heavy (non-hydrogen) atoms. The molecule has 0 aliphatic heterocycles. The quantitative estimate of drug-likeness (QED) is 0.432. The van der Waals surface area contributed by atoms with Gasteiger partial charge in [0.2, 0.25) is 0 Å². The van der Waals surface area contributed by atoms with Crippen LogP contribution in [-0.2, 0) is 16.6 Å². The highest BCUT2D eigenvalue weighted by Crippen LogP contribution is 2.19. The molecule has 8 heteroatoms. The second-order valence-electron chi connectivity index (χ2n) is 7.58. The Bertz CT molecular complexity index is 1360. The van der Waals surface area contributed by atoms with Gasteiger partial charge in [-0.1, -0.05) is 36.4 Å². The average molecular weight is 461 g/mol. The fourth-order valence-corrected chi connectivity index (χ4v) is 4.61. The van der Waals surface area contributed by atoms with E-state index in [0.29, 0.717) is 17.8 Å². The number of nitrogens with one attached hydrogen (secondary N) is 2. The molecule has 7 nitrogen and oxygen atoms in total. The van der Waals surface area contributed by atoms with E-state index in [0.717, 1.165) is 22.6 Å². The lowest BCUT2D eigenvalue weighted by Gasteiger charge is -2.10. The zero-order valence-corrected chi connectivity index (χ0v) is 19.1. The van der Waals surface area contributed by atoms with Crippen LogP contribution in [0, 0.1) is 13.8 Å². The van der Waals surface area contributed by atoms with Crippen molar-refractivity contribution in [3.05, 3.63) is 107 Å². The third-order valence-corrected chi connectivity index (χ3v) is 6.72. The van der Waals surface area contributed by atoms with Crippen molar-refractivity contribution >= 4 is 21.6 Å². The van der Waals surface area contributed by atoms with Gasteiger partial charge in [-0.25, -0.2) is 13.1 Å². The first-order valence-electron chi connectivity index (χ1n) is 10.4. The molecule has 4 aromatic rings. The van der Waals surface area contributed by atoms with Gasteiger partial charge in [-0.15, -0.1) is 0 Å². The van der Waals surface area contributed by atoms with Crippen LogP contribution in [0.3, 0.4) is 0 Å². The molecule has 1 heterocycles. The maximum atomic E-state index is 12.7. The Balaban J connectivity index is 1.42. The van der Waals surface area contributed by atoms with Crippen molar-refractivity contribution in [2.75, 3.05) is 4.72 Å². The molecule has 0 fully saturated rings. The van der Waals surface area contributed by atoms with E-state index in [4.69, 9.17) is 0 Å². The van der Waals surface area contributed by atoms with Crippen LogP contribution in [-0.4, -0.2) is 24.1 Å². The van der Waals surface area contributed by atoms with Crippen molar-refractivity contribution in [3.8, 4) is 5.69 Å². The number of aromatic nitrogens is 2. The van der Waals surface area contributed by atoms with E-state index in [1.54, 1.807) is 42.5 Å². The number of hydrogen-bond donors (Lipinski definition) is 2. The van der Waals surface area contributed by atoms with Crippen LogP contribution < -0.4 is 10.0 Å². The van der Waals surface area contributed by atoms with Crippen LogP contribution >= 0.6 is 0 Å². The third-order valence-electron chi connectivity index (χ3n) is 5.32. The molecule has 4 rings (SSSR count). The predicted octanol–water partition coefficient (Wildman–Crippen LogP) is 4.22. The first kappa shape index (κ1) is 22.3. The Hall–Kier alpha value is -3.91. The number of anilines is 1. The highest BCUT2D eigenvalue weighted by atomic mass is 32.2. The van der Waals surface area contributed by atoms with Crippen LogP contribution in [0.15, 0.2) is 89.8 Å². The zero-order chi connectivity index (χ0) is 23.4. The summed E-state index contributed by atoms with van der Waals surface area (Å²) in [6.45, 7) is 4.23. The van der Waals surface area contributed by atoms with E-state index in [9.17, 15) is 13.2 Å². The molecule has 1 aromatic heterocycles. The van der Waals surface area contributed by atoms with Gasteiger partial charge < -0.3 is 5.32 Å². The first-order valence-corrected chi connectivity index (χ1v) is 11.9. The van der Waals surface area contributed by atoms with Gasteiger partial charge in [0.1, 0.15) is 0 Å². The van der Waals surface area contributed by atoms with Gasteiger partial charge in [-0.05, 0) is 62.4 Å². The van der Waals surface area contributed by atoms with Crippen LogP contribution in [0.25, 0.3) is 5.69 Å². The number of rotatable bonds is 7. The number of benzene rings is 3. The molecule has 0 bridgehead atoms. The molecule has 3 aromatic carbocycles. The summed E-state index contributed by atoms with van der Waals surface area (Å²) < 4.78 is 29.3. The smallest absolute Gasteiger partial charge is 0.261 e. The topological polar surface area (TPSA) is 93.1 Å². The van der Waals surface area contributed by atoms with Gasteiger partial charge in [-0.2, -0.15) is 5.10 Å². The van der Waals surface area contributed by atoms with E-state index >= 15 is 0 Å². The van der Waals surface area contributed by atoms with Gasteiger partial charge in [0.05, 0.1) is 16.3 Å². The molecular weight excluding hydrogens is 436 g/mol. The van der Waals surface area contributed by atoms with Crippen LogP contribution in [0.4, 0.5) is 5.69 Å². The Morgan fingerprint density at radius 1 is 0.879 bits per heavy atom. The van der Waals surface area contributed by atoms with E-state index < -0.39 is 10.0 Å². The van der Waals surface area contributed by atoms with Crippen LogP contribution in [0.1, 0.15) is 27.3 Å². The zero-order valence-electron chi connectivity index (χ0n) is 18.3. The minimum absolute atomic E-state index is 0.175. The number of carbonyl (C=O) groups is 1. The Kier molecular flexibility index (Phi) is 6.28. The summed E-state index contributed by atoms with van der Waals surface area (Å²) in [5.41, 5.74) is 4.55. The van der Waals surface area contributed by atoms with Crippen molar-refractivity contribution in [2.45, 2.75) is 25.3 Å². The fraction of sp³-hybridized carbons (Fsp3) is 0.120. The van der Waals surface area contributed by atoms with Crippen molar-refractivity contribution in [2.24, 2.45) is 0 Å². The summed E-state index contributed by atoms with van der Waals surface area (Å²) in [7, 11) is -3.68. The third kappa shape index (κ3) is 4.96. The standard InChI is InChI=1S/C25H24N4O3S/c1-18-24(19(2)29(27-18)22-9-5-3-6-10-22)17-26-25(30)20-13-15-21(16-14-20)28-33(31,32)23-11-7-4-8-12-23/h3-16,28H,17H2,1-2H3,(H,26,30). The molecule has 0 aliphatic rings. The second kappa shape index (κ2) is 9.30. The summed E-state index contributed by atoms with van der Waals surface area (Å²) in [5, 5.41) is 7.53. The molecular formula is C25H24N4O3S. The molecule has 0 spiro atoms. The lowest BCUT2D eigenvalue weighted by Crippen LogP contribution is -2.23. The van der Waals surface area contributed by atoms with E-state index in [-0.39, 0.29) is 10.8 Å². The largest absolute Gasteiger partial charge is 0.348 e. The minimum Gasteiger partial charge on any atom is -0.348 e. The van der Waals surface area contributed by atoms with E-state index in [1.165, 1.54) is 12.1 Å².